The summed E-state index contributed by atoms with van der Waals surface area (Å²) in [6.07, 6.45) is 0. The highest BCUT2D eigenvalue weighted by Gasteiger charge is 1.97. The molecule has 2 aromatic rings. The summed E-state index contributed by atoms with van der Waals surface area (Å²) in [6, 6.07) is 17.8. The van der Waals surface area contributed by atoms with Gasteiger partial charge in [0.15, 0.2) is 0 Å². The molecule has 0 atom stereocenters. The predicted molar refractivity (Wildman–Crippen MR) is 61.9 cm³/mol. The molecule has 0 radical (unpaired) electrons. The third-order valence-corrected chi connectivity index (χ3v) is 2.19. The van der Waals surface area contributed by atoms with E-state index in [0.717, 1.165) is 5.56 Å². The standard InChI is InChI=1S/C12H11BO2/c14-13-15-12-8-6-11(7-9-12)10-4-2-1-3-5-10/h1-9,13-14H. The lowest BCUT2D eigenvalue weighted by atomic mass is 10.1. The second-order valence-corrected chi connectivity index (χ2v) is 3.16. The Morgan fingerprint density at radius 2 is 1.40 bits per heavy atom. The Hall–Kier alpha value is -1.74. The summed E-state index contributed by atoms with van der Waals surface area (Å²) in [6.45, 7) is 0. The van der Waals surface area contributed by atoms with E-state index in [4.69, 9.17) is 9.68 Å². The van der Waals surface area contributed by atoms with Crippen LogP contribution < -0.4 is 4.65 Å². The number of benzene rings is 2. The largest absolute Gasteiger partial charge is 0.539 e. The van der Waals surface area contributed by atoms with E-state index in [0.29, 0.717) is 5.75 Å². The highest BCUT2D eigenvalue weighted by Crippen LogP contribution is 2.21. The van der Waals surface area contributed by atoms with E-state index in [1.54, 1.807) is 0 Å². The molecule has 0 amide bonds. The van der Waals surface area contributed by atoms with Crippen molar-refractivity contribution in [3.05, 3.63) is 54.6 Å². The van der Waals surface area contributed by atoms with Crippen molar-refractivity contribution >= 4 is 7.69 Å². The third-order valence-electron chi connectivity index (χ3n) is 2.19. The number of hydrogen-bond acceptors (Lipinski definition) is 2. The van der Waals surface area contributed by atoms with Gasteiger partial charge in [-0.15, -0.1) is 0 Å². The minimum Gasteiger partial charge on any atom is -0.539 e. The zero-order valence-electron chi connectivity index (χ0n) is 8.26. The minimum absolute atomic E-state index is 0.287. The van der Waals surface area contributed by atoms with Crippen molar-refractivity contribution in [3.63, 3.8) is 0 Å². The summed E-state index contributed by atoms with van der Waals surface area (Å²) in [5, 5.41) is 8.58. The van der Waals surface area contributed by atoms with Gasteiger partial charge in [0.2, 0.25) is 0 Å². The van der Waals surface area contributed by atoms with Crippen molar-refractivity contribution in [2.24, 2.45) is 0 Å². The Balaban J connectivity index is 2.24. The molecule has 0 saturated heterocycles. The quantitative estimate of drug-likeness (QED) is 0.764. The van der Waals surface area contributed by atoms with Gasteiger partial charge in [0.25, 0.3) is 0 Å². The van der Waals surface area contributed by atoms with Crippen LogP contribution in [0, 0.1) is 0 Å². The van der Waals surface area contributed by atoms with Gasteiger partial charge in [0.1, 0.15) is 5.75 Å². The molecule has 0 unspecified atom stereocenters. The molecule has 0 aliphatic heterocycles. The van der Waals surface area contributed by atoms with Crippen LogP contribution in [-0.2, 0) is 0 Å². The Bertz CT molecular complexity index is 411. The zero-order chi connectivity index (χ0) is 10.5. The first kappa shape index (κ1) is 9.81. The lowest BCUT2D eigenvalue weighted by Gasteiger charge is -2.04. The second kappa shape index (κ2) is 4.67. The molecule has 1 N–H and O–H groups in total. The van der Waals surface area contributed by atoms with Crippen LogP contribution in [0.3, 0.4) is 0 Å². The minimum atomic E-state index is -0.287. The van der Waals surface area contributed by atoms with Crippen LogP contribution in [0.5, 0.6) is 5.75 Å². The SMILES string of the molecule is OBOc1ccc(-c2ccccc2)cc1. The molecule has 2 rings (SSSR count). The Morgan fingerprint density at radius 1 is 0.800 bits per heavy atom. The Morgan fingerprint density at radius 3 is 2.00 bits per heavy atom. The molecule has 0 aliphatic rings. The molecule has 74 valence electrons. The van der Waals surface area contributed by atoms with E-state index < -0.39 is 0 Å². The first-order valence-corrected chi connectivity index (χ1v) is 4.79. The third kappa shape index (κ3) is 2.39. The summed E-state index contributed by atoms with van der Waals surface area (Å²) < 4.78 is 4.95. The van der Waals surface area contributed by atoms with Crippen molar-refractivity contribution < 1.29 is 9.68 Å². The van der Waals surface area contributed by atoms with Crippen LogP contribution in [0.2, 0.25) is 0 Å². The maximum Gasteiger partial charge on any atom is 0.504 e. The fourth-order valence-electron chi connectivity index (χ4n) is 1.45. The van der Waals surface area contributed by atoms with Crippen molar-refractivity contribution in [3.8, 4) is 16.9 Å². The average Bonchev–Trinajstić information content (AvgIpc) is 2.32. The van der Waals surface area contributed by atoms with Crippen molar-refractivity contribution in [2.45, 2.75) is 0 Å². The average molecular weight is 198 g/mol. The smallest absolute Gasteiger partial charge is 0.504 e. The van der Waals surface area contributed by atoms with Crippen molar-refractivity contribution in [1.29, 1.82) is 0 Å². The lowest BCUT2D eigenvalue weighted by molar-refractivity contribution is 0.454. The summed E-state index contributed by atoms with van der Waals surface area (Å²) in [5.41, 5.74) is 2.31. The highest BCUT2D eigenvalue weighted by atomic mass is 16.5. The van der Waals surface area contributed by atoms with Gasteiger partial charge < -0.3 is 9.68 Å². The summed E-state index contributed by atoms with van der Waals surface area (Å²) in [7, 11) is -0.287. The van der Waals surface area contributed by atoms with Crippen LogP contribution in [0.15, 0.2) is 54.6 Å². The predicted octanol–water partition coefficient (Wildman–Crippen LogP) is 1.99. The molecular formula is C12H11BO2. The van der Waals surface area contributed by atoms with Crippen LogP contribution >= 0.6 is 0 Å². The first-order valence-electron chi connectivity index (χ1n) is 4.79. The molecule has 0 spiro atoms. The zero-order valence-corrected chi connectivity index (χ0v) is 8.26. The van der Waals surface area contributed by atoms with Gasteiger partial charge in [-0.1, -0.05) is 42.5 Å². The molecule has 0 fully saturated rings. The second-order valence-electron chi connectivity index (χ2n) is 3.16. The van der Waals surface area contributed by atoms with Crippen LogP contribution in [0.1, 0.15) is 0 Å². The van der Waals surface area contributed by atoms with E-state index in [1.807, 2.05) is 42.5 Å². The van der Waals surface area contributed by atoms with Crippen molar-refractivity contribution in [2.75, 3.05) is 0 Å². The van der Waals surface area contributed by atoms with Gasteiger partial charge in [-0.3, -0.25) is 0 Å². The molecule has 0 bridgehead atoms. The van der Waals surface area contributed by atoms with Gasteiger partial charge in [-0.25, -0.2) is 0 Å². The molecule has 2 nitrogen and oxygen atoms in total. The molecule has 0 heterocycles. The molecule has 15 heavy (non-hydrogen) atoms. The number of rotatable bonds is 3. The molecule has 0 aliphatic carbocycles. The molecular weight excluding hydrogens is 187 g/mol. The first-order chi connectivity index (χ1) is 7.40. The Kier molecular flexibility index (Phi) is 3.05. The van der Waals surface area contributed by atoms with Gasteiger partial charge in [0.05, 0.1) is 0 Å². The van der Waals surface area contributed by atoms with Crippen LogP contribution in [0.25, 0.3) is 11.1 Å². The van der Waals surface area contributed by atoms with Gasteiger partial charge >= 0.3 is 7.69 Å². The van der Waals surface area contributed by atoms with Gasteiger partial charge in [-0.2, -0.15) is 0 Å². The fraction of sp³-hybridized carbons (Fsp3) is 0. The molecule has 2 aromatic carbocycles. The van der Waals surface area contributed by atoms with Gasteiger partial charge in [0, 0.05) is 0 Å². The van der Waals surface area contributed by atoms with Crippen LogP contribution in [0.4, 0.5) is 0 Å². The van der Waals surface area contributed by atoms with E-state index in [9.17, 15) is 0 Å². The molecule has 3 heteroatoms. The monoisotopic (exact) mass is 198 g/mol. The lowest BCUT2D eigenvalue weighted by Crippen LogP contribution is -1.99. The molecule has 0 saturated carbocycles. The van der Waals surface area contributed by atoms with Crippen molar-refractivity contribution in [1.82, 2.24) is 0 Å². The molecule has 0 aromatic heterocycles. The summed E-state index contributed by atoms with van der Waals surface area (Å²) in [5.74, 6) is 0.678. The summed E-state index contributed by atoms with van der Waals surface area (Å²) in [4.78, 5) is 0. The maximum absolute atomic E-state index is 8.58. The summed E-state index contributed by atoms with van der Waals surface area (Å²) >= 11 is 0. The fourth-order valence-corrected chi connectivity index (χ4v) is 1.45. The van der Waals surface area contributed by atoms with E-state index >= 15 is 0 Å². The number of hydrogen-bond donors (Lipinski definition) is 1. The maximum atomic E-state index is 8.58. The normalized spacial score (nSPS) is 9.67. The topological polar surface area (TPSA) is 29.5 Å². The van der Waals surface area contributed by atoms with E-state index in [2.05, 4.69) is 12.1 Å². The van der Waals surface area contributed by atoms with Gasteiger partial charge in [-0.05, 0) is 23.3 Å². The van der Waals surface area contributed by atoms with E-state index in [1.165, 1.54) is 5.56 Å². The van der Waals surface area contributed by atoms with Crippen LogP contribution in [-0.4, -0.2) is 12.7 Å². The highest BCUT2D eigenvalue weighted by molar-refractivity contribution is 6.17. The Labute approximate surface area is 89.5 Å². The van der Waals surface area contributed by atoms with E-state index in [-0.39, 0.29) is 7.69 Å².